The molecule has 0 aromatic carbocycles. The maximum atomic E-state index is 9.92. The number of aliphatic hydroxyl groups is 1. The van der Waals surface area contributed by atoms with Crippen molar-refractivity contribution < 1.29 is 5.11 Å². The van der Waals surface area contributed by atoms with Crippen LogP contribution in [0.1, 0.15) is 122 Å². The van der Waals surface area contributed by atoms with Gasteiger partial charge in [0.15, 0.2) is 0 Å². The van der Waals surface area contributed by atoms with Crippen molar-refractivity contribution in [1.82, 2.24) is 5.32 Å². The molecule has 3 heteroatoms. The molecule has 0 bridgehead atoms. The molecule has 1 aliphatic rings. The van der Waals surface area contributed by atoms with Crippen LogP contribution in [0.3, 0.4) is 0 Å². The first kappa shape index (κ1) is 25.4. The first-order valence-corrected chi connectivity index (χ1v) is 11.3. The highest BCUT2D eigenvalue weighted by Gasteiger charge is 2.21. The largest absolute Gasteiger partial charge is 0.392 e. The first-order valence-electron chi connectivity index (χ1n) is 11.3. The summed E-state index contributed by atoms with van der Waals surface area (Å²) in [6.45, 7) is 3.39. The van der Waals surface area contributed by atoms with Gasteiger partial charge < -0.3 is 10.4 Å². The highest BCUT2D eigenvalue weighted by molar-refractivity contribution is 8.93. The zero-order valence-corrected chi connectivity index (χ0v) is 18.7. The van der Waals surface area contributed by atoms with Crippen molar-refractivity contribution in [1.29, 1.82) is 0 Å². The van der Waals surface area contributed by atoms with E-state index in [4.69, 9.17) is 0 Å². The second-order valence-electron chi connectivity index (χ2n) is 8.01. The number of nitrogens with one attached hydrogen (secondary N) is 1. The van der Waals surface area contributed by atoms with E-state index in [1.54, 1.807) is 0 Å². The number of hydrogen-bond donors (Lipinski definition) is 2. The Morgan fingerprint density at radius 1 is 0.680 bits per heavy atom. The normalized spacial score (nSPS) is 20.4. The van der Waals surface area contributed by atoms with E-state index in [1.807, 2.05) is 0 Å². The van der Waals surface area contributed by atoms with Gasteiger partial charge in [0.05, 0.1) is 6.10 Å². The molecule has 25 heavy (non-hydrogen) atoms. The van der Waals surface area contributed by atoms with Crippen molar-refractivity contribution in [3.05, 3.63) is 0 Å². The van der Waals surface area contributed by atoms with Crippen molar-refractivity contribution in [2.75, 3.05) is 6.54 Å². The molecule has 152 valence electrons. The molecule has 0 aromatic rings. The molecule has 0 aromatic heterocycles. The van der Waals surface area contributed by atoms with Gasteiger partial charge in [0.2, 0.25) is 0 Å². The van der Waals surface area contributed by atoms with Gasteiger partial charge in [-0.05, 0) is 25.8 Å². The maximum Gasteiger partial charge on any atom is 0.0693 e. The zero-order chi connectivity index (χ0) is 17.3. The second kappa shape index (κ2) is 19.2. The van der Waals surface area contributed by atoms with Gasteiger partial charge in [0.1, 0.15) is 0 Å². The minimum absolute atomic E-state index is 0. The average molecular weight is 421 g/mol. The smallest absolute Gasteiger partial charge is 0.0693 e. The van der Waals surface area contributed by atoms with Crippen molar-refractivity contribution in [3.8, 4) is 0 Å². The lowest BCUT2D eigenvalue weighted by molar-refractivity contribution is 0.0909. The van der Waals surface area contributed by atoms with Crippen molar-refractivity contribution in [3.63, 3.8) is 0 Å². The topological polar surface area (TPSA) is 32.3 Å². The van der Waals surface area contributed by atoms with Crippen molar-refractivity contribution in [2.45, 2.75) is 135 Å². The van der Waals surface area contributed by atoms with E-state index >= 15 is 0 Å². The van der Waals surface area contributed by atoms with Gasteiger partial charge in [0.25, 0.3) is 0 Å². The molecule has 0 aliphatic heterocycles. The number of aliphatic hydroxyl groups excluding tert-OH is 1. The fourth-order valence-corrected chi connectivity index (χ4v) is 3.96. The lowest BCUT2D eigenvalue weighted by Gasteiger charge is -2.28. The second-order valence-corrected chi connectivity index (χ2v) is 8.01. The fraction of sp³-hybridized carbons (Fsp3) is 1.00. The summed E-state index contributed by atoms with van der Waals surface area (Å²) < 4.78 is 0. The molecule has 2 N–H and O–H groups in total. The van der Waals surface area contributed by atoms with Gasteiger partial charge in [-0.1, -0.05) is 103 Å². The number of halogens is 1. The van der Waals surface area contributed by atoms with E-state index in [-0.39, 0.29) is 23.1 Å². The third kappa shape index (κ3) is 15.2. The number of rotatable bonds is 16. The molecular weight excluding hydrogens is 374 g/mol. The Kier molecular flexibility index (Phi) is 19.5. The van der Waals surface area contributed by atoms with Crippen LogP contribution in [0, 0.1) is 0 Å². The van der Waals surface area contributed by atoms with Crippen LogP contribution in [-0.2, 0) is 0 Å². The van der Waals surface area contributed by atoms with E-state index in [2.05, 4.69) is 12.2 Å². The standard InChI is InChI=1S/C22H45NO.BrH/c1-2-3-4-5-6-7-8-9-10-11-12-13-14-17-20-23-21-18-15-16-19-22(21)24;/h21-24H,2-20H2,1H3;1H. The van der Waals surface area contributed by atoms with Crippen LogP contribution in [0.4, 0.5) is 0 Å². The predicted molar refractivity (Wildman–Crippen MR) is 117 cm³/mol. The Morgan fingerprint density at radius 2 is 1.12 bits per heavy atom. The van der Waals surface area contributed by atoms with E-state index in [9.17, 15) is 5.11 Å². The molecule has 0 saturated heterocycles. The molecule has 1 rings (SSSR count). The summed E-state index contributed by atoms with van der Waals surface area (Å²) in [5.74, 6) is 0. The van der Waals surface area contributed by atoms with Gasteiger partial charge in [-0.3, -0.25) is 0 Å². The summed E-state index contributed by atoms with van der Waals surface area (Å²) in [6.07, 6.45) is 24.4. The summed E-state index contributed by atoms with van der Waals surface area (Å²) in [7, 11) is 0. The maximum absolute atomic E-state index is 9.92. The summed E-state index contributed by atoms with van der Waals surface area (Å²) in [4.78, 5) is 0. The van der Waals surface area contributed by atoms with Crippen LogP contribution in [0.25, 0.3) is 0 Å². The molecule has 1 saturated carbocycles. The number of hydrogen-bond acceptors (Lipinski definition) is 2. The van der Waals surface area contributed by atoms with Crippen molar-refractivity contribution in [2.24, 2.45) is 0 Å². The summed E-state index contributed by atoms with van der Waals surface area (Å²) in [5.41, 5.74) is 0. The zero-order valence-electron chi connectivity index (χ0n) is 16.9. The molecule has 2 nitrogen and oxygen atoms in total. The summed E-state index contributed by atoms with van der Waals surface area (Å²) in [5, 5.41) is 13.5. The quantitative estimate of drug-likeness (QED) is 0.265. The first-order chi connectivity index (χ1) is 11.8. The molecule has 1 aliphatic carbocycles. The summed E-state index contributed by atoms with van der Waals surface area (Å²) in [6, 6.07) is 0.376. The van der Waals surface area contributed by atoms with Gasteiger partial charge >= 0.3 is 0 Å². The molecule has 0 spiro atoms. The molecule has 0 amide bonds. The minimum Gasteiger partial charge on any atom is -0.392 e. The Morgan fingerprint density at radius 3 is 1.60 bits per heavy atom. The predicted octanol–water partition coefficient (Wildman–Crippen LogP) is 6.94. The van der Waals surface area contributed by atoms with Crippen LogP contribution >= 0.6 is 17.0 Å². The third-order valence-corrected chi connectivity index (χ3v) is 5.67. The van der Waals surface area contributed by atoms with E-state index in [0.29, 0.717) is 6.04 Å². The van der Waals surface area contributed by atoms with Crippen LogP contribution in [-0.4, -0.2) is 23.8 Å². The molecule has 1 fully saturated rings. The Balaban J connectivity index is 0.00000576. The van der Waals surface area contributed by atoms with Gasteiger partial charge in [-0.15, -0.1) is 17.0 Å². The van der Waals surface area contributed by atoms with E-state index in [1.165, 1.54) is 109 Å². The lowest BCUT2D eigenvalue weighted by Crippen LogP contribution is -2.42. The molecule has 2 atom stereocenters. The number of unbranched alkanes of at least 4 members (excludes halogenated alkanes) is 13. The van der Waals surface area contributed by atoms with Gasteiger partial charge in [0, 0.05) is 6.04 Å². The summed E-state index contributed by atoms with van der Waals surface area (Å²) >= 11 is 0. The molecule has 2 unspecified atom stereocenters. The SMILES string of the molecule is Br.CCCCCCCCCCCCCCCCNC1CCCCC1O. The van der Waals surface area contributed by atoms with Crippen LogP contribution in [0.5, 0.6) is 0 Å². The molecular formula is C22H46BrNO. The molecule has 0 heterocycles. The Hall–Kier alpha value is 0.400. The van der Waals surface area contributed by atoms with Crippen LogP contribution in [0.15, 0.2) is 0 Å². The van der Waals surface area contributed by atoms with Gasteiger partial charge in [-0.2, -0.15) is 0 Å². The lowest BCUT2D eigenvalue weighted by atomic mass is 9.92. The highest BCUT2D eigenvalue weighted by atomic mass is 79.9. The average Bonchev–Trinajstić information content (AvgIpc) is 2.60. The monoisotopic (exact) mass is 419 g/mol. The van der Waals surface area contributed by atoms with Gasteiger partial charge in [-0.25, -0.2) is 0 Å². The Labute approximate surface area is 168 Å². The van der Waals surface area contributed by atoms with E-state index < -0.39 is 0 Å². The minimum atomic E-state index is -0.0922. The third-order valence-electron chi connectivity index (χ3n) is 5.67. The van der Waals surface area contributed by atoms with Crippen LogP contribution < -0.4 is 5.32 Å². The van der Waals surface area contributed by atoms with Crippen molar-refractivity contribution >= 4 is 17.0 Å². The highest BCUT2D eigenvalue weighted by Crippen LogP contribution is 2.18. The molecule has 0 radical (unpaired) electrons. The van der Waals surface area contributed by atoms with E-state index in [0.717, 1.165) is 13.0 Å². The fourth-order valence-electron chi connectivity index (χ4n) is 3.96. The Bertz CT molecular complexity index is 262. The van der Waals surface area contributed by atoms with Crippen LogP contribution in [0.2, 0.25) is 0 Å².